The normalized spacial score (nSPS) is 14.1. The molecule has 6 heteroatoms. The Morgan fingerprint density at radius 3 is 2.81 bits per heavy atom. The van der Waals surface area contributed by atoms with Crippen LogP contribution in [0.5, 0.6) is 0 Å². The number of rotatable bonds is 5. The number of hydrogen-bond acceptors (Lipinski definition) is 3. The van der Waals surface area contributed by atoms with Gasteiger partial charge in [0.25, 0.3) is 0 Å². The maximum absolute atomic E-state index is 12.3. The SMILES string of the molecule is CCCNC(=O)C(C)n1c(C(C)Cl)nc2c(C)ccnc21. The topological polar surface area (TPSA) is 59.8 Å². The summed E-state index contributed by atoms with van der Waals surface area (Å²) < 4.78 is 1.84. The molecule has 0 bridgehead atoms. The van der Waals surface area contributed by atoms with Gasteiger partial charge >= 0.3 is 0 Å². The molecule has 0 saturated carbocycles. The van der Waals surface area contributed by atoms with Crippen LogP contribution in [-0.4, -0.2) is 27.0 Å². The minimum absolute atomic E-state index is 0.0435. The van der Waals surface area contributed by atoms with Gasteiger partial charge < -0.3 is 5.32 Å². The highest BCUT2D eigenvalue weighted by atomic mass is 35.5. The van der Waals surface area contributed by atoms with Crippen LogP contribution >= 0.6 is 11.6 Å². The molecule has 0 aliphatic heterocycles. The van der Waals surface area contributed by atoms with Gasteiger partial charge in [0.2, 0.25) is 5.91 Å². The maximum atomic E-state index is 12.3. The number of hydrogen-bond donors (Lipinski definition) is 1. The summed E-state index contributed by atoms with van der Waals surface area (Å²) in [4.78, 5) is 21.2. The number of aryl methyl sites for hydroxylation is 1. The van der Waals surface area contributed by atoms with Gasteiger partial charge in [-0.25, -0.2) is 9.97 Å². The van der Waals surface area contributed by atoms with Crippen LogP contribution in [0.1, 0.15) is 50.0 Å². The van der Waals surface area contributed by atoms with Gasteiger partial charge in [-0.15, -0.1) is 11.6 Å². The van der Waals surface area contributed by atoms with Gasteiger partial charge in [0.05, 0.1) is 5.38 Å². The molecule has 2 atom stereocenters. The molecular weight excluding hydrogens is 288 g/mol. The molecule has 2 unspecified atom stereocenters. The monoisotopic (exact) mass is 308 g/mol. The summed E-state index contributed by atoms with van der Waals surface area (Å²) in [5.41, 5.74) is 2.53. The smallest absolute Gasteiger partial charge is 0.242 e. The molecule has 114 valence electrons. The predicted octanol–water partition coefficient (Wildman–Crippen LogP) is 3.13. The van der Waals surface area contributed by atoms with Gasteiger partial charge in [-0.3, -0.25) is 9.36 Å². The number of pyridine rings is 1. The highest BCUT2D eigenvalue weighted by Crippen LogP contribution is 2.28. The van der Waals surface area contributed by atoms with Crippen LogP contribution in [-0.2, 0) is 4.79 Å². The lowest BCUT2D eigenvalue weighted by Gasteiger charge is -2.17. The standard InChI is InChI=1S/C15H21ClN4O/c1-5-7-18-15(21)11(4)20-13(10(3)16)19-12-9(2)6-8-17-14(12)20/h6,8,10-11H,5,7H2,1-4H3,(H,18,21). The van der Waals surface area contributed by atoms with Gasteiger partial charge in [0, 0.05) is 12.7 Å². The number of carbonyl (C=O) groups excluding carboxylic acids is 1. The lowest BCUT2D eigenvalue weighted by Crippen LogP contribution is -2.32. The molecule has 0 aliphatic rings. The van der Waals surface area contributed by atoms with Crippen molar-refractivity contribution in [2.24, 2.45) is 0 Å². The second-order valence-electron chi connectivity index (χ2n) is 5.22. The zero-order valence-electron chi connectivity index (χ0n) is 12.9. The second kappa shape index (κ2) is 6.43. The van der Waals surface area contributed by atoms with E-state index >= 15 is 0 Å². The summed E-state index contributed by atoms with van der Waals surface area (Å²) in [6.45, 7) is 8.36. The fraction of sp³-hybridized carbons (Fsp3) is 0.533. The second-order valence-corrected chi connectivity index (χ2v) is 5.88. The van der Waals surface area contributed by atoms with Crippen LogP contribution in [0.2, 0.25) is 0 Å². The van der Waals surface area contributed by atoms with Gasteiger partial charge in [0.15, 0.2) is 5.65 Å². The van der Waals surface area contributed by atoms with E-state index in [-0.39, 0.29) is 11.3 Å². The Balaban J connectivity index is 2.52. The molecule has 2 aromatic heterocycles. The largest absolute Gasteiger partial charge is 0.354 e. The van der Waals surface area contributed by atoms with Gasteiger partial charge in [0.1, 0.15) is 17.4 Å². The van der Waals surface area contributed by atoms with Gasteiger partial charge in [-0.1, -0.05) is 6.92 Å². The van der Waals surface area contributed by atoms with Crippen LogP contribution in [0.15, 0.2) is 12.3 Å². The van der Waals surface area contributed by atoms with Crippen LogP contribution in [0.4, 0.5) is 0 Å². The number of nitrogens with one attached hydrogen (secondary N) is 1. The number of imidazole rings is 1. The summed E-state index contributed by atoms with van der Waals surface area (Å²) in [5, 5.41) is 2.62. The van der Waals surface area contributed by atoms with Gasteiger partial charge in [-0.05, 0) is 38.8 Å². The summed E-state index contributed by atoms with van der Waals surface area (Å²) in [6.07, 6.45) is 2.63. The zero-order chi connectivity index (χ0) is 15.6. The van der Waals surface area contributed by atoms with Crippen molar-refractivity contribution >= 4 is 28.7 Å². The Morgan fingerprint density at radius 1 is 1.48 bits per heavy atom. The molecule has 1 amide bonds. The quantitative estimate of drug-likeness (QED) is 0.863. The highest BCUT2D eigenvalue weighted by molar-refractivity contribution is 6.20. The van der Waals surface area contributed by atoms with Crippen molar-refractivity contribution < 1.29 is 4.79 Å². The first kappa shape index (κ1) is 15.8. The summed E-state index contributed by atoms with van der Waals surface area (Å²) >= 11 is 6.24. The Kier molecular flexibility index (Phi) is 4.83. The van der Waals surface area contributed by atoms with E-state index in [0.29, 0.717) is 18.0 Å². The molecule has 0 aliphatic carbocycles. The lowest BCUT2D eigenvalue weighted by molar-refractivity contribution is -0.123. The number of carbonyl (C=O) groups is 1. The molecule has 0 saturated heterocycles. The molecular formula is C15H21ClN4O. The molecule has 0 fully saturated rings. The highest BCUT2D eigenvalue weighted by Gasteiger charge is 2.24. The van der Waals surface area contributed by atoms with E-state index in [2.05, 4.69) is 15.3 Å². The first-order chi connectivity index (χ1) is 9.97. The van der Waals surface area contributed by atoms with E-state index in [1.54, 1.807) is 6.20 Å². The van der Waals surface area contributed by atoms with Crippen molar-refractivity contribution in [1.29, 1.82) is 0 Å². The molecule has 0 aromatic carbocycles. The van der Waals surface area contributed by atoms with Crippen molar-refractivity contribution in [3.63, 3.8) is 0 Å². The summed E-state index contributed by atoms with van der Waals surface area (Å²) in [5.74, 6) is 0.630. The van der Waals surface area contributed by atoms with Crippen LogP contribution in [0, 0.1) is 6.92 Å². The van der Waals surface area contributed by atoms with Crippen molar-refractivity contribution in [2.75, 3.05) is 6.54 Å². The number of fused-ring (bicyclic) bond motifs is 1. The molecule has 0 spiro atoms. The zero-order valence-corrected chi connectivity index (χ0v) is 13.6. The summed E-state index contributed by atoms with van der Waals surface area (Å²) in [6, 6.07) is 1.51. The van der Waals surface area contributed by atoms with E-state index in [4.69, 9.17) is 11.6 Å². The average molecular weight is 309 g/mol. The number of halogens is 1. The van der Waals surface area contributed by atoms with Crippen LogP contribution < -0.4 is 5.32 Å². The average Bonchev–Trinajstić information content (AvgIpc) is 2.85. The van der Waals surface area contributed by atoms with Crippen molar-refractivity contribution in [1.82, 2.24) is 19.9 Å². The summed E-state index contributed by atoms with van der Waals surface area (Å²) in [7, 11) is 0. The first-order valence-electron chi connectivity index (χ1n) is 7.22. The van der Waals surface area contributed by atoms with Crippen molar-refractivity contribution in [3.05, 3.63) is 23.7 Å². The number of amides is 1. The molecule has 1 N–H and O–H groups in total. The van der Waals surface area contributed by atoms with Crippen LogP contribution in [0.25, 0.3) is 11.2 Å². The number of alkyl halides is 1. The van der Waals surface area contributed by atoms with E-state index in [0.717, 1.165) is 17.5 Å². The van der Waals surface area contributed by atoms with Crippen molar-refractivity contribution in [2.45, 2.75) is 45.5 Å². The third-order valence-corrected chi connectivity index (χ3v) is 3.67. The fourth-order valence-electron chi connectivity index (χ4n) is 2.30. The third-order valence-electron chi connectivity index (χ3n) is 3.48. The Morgan fingerprint density at radius 2 is 2.19 bits per heavy atom. The Labute approximate surface area is 129 Å². The van der Waals surface area contributed by atoms with E-state index in [9.17, 15) is 4.79 Å². The Hall–Kier alpha value is -1.62. The predicted molar refractivity (Wildman–Crippen MR) is 84.5 cm³/mol. The molecule has 21 heavy (non-hydrogen) atoms. The maximum Gasteiger partial charge on any atom is 0.242 e. The molecule has 2 aromatic rings. The van der Waals surface area contributed by atoms with Crippen LogP contribution in [0.3, 0.4) is 0 Å². The van der Waals surface area contributed by atoms with E-state index in [1.165, 1.54) is 0 Å². The molecule has 2 rings (SSSR count). The molecule has 2 heterocycles. The minimum atomic E-state index is -0.396. The first-order valence-corrected chi connectivity index (χ1v) is 7.66. The van der Waals surface area contributed by atoms with E-state index < -0.39 is 6.04 Å². The Bertz CT molecular complexity index is 650. The lowest BCUT2D eigenvalue weighted by atomic mass is 10.2. The fourth-order valence-corrected chi connectivity index (χ4v) is 2.46. The third kappa shape index (κ3) is 3.02. The number of nitrogens with zero attached hydrogens (tertiary/aromatic N) is 3. The van der Waals surface area contributed by atoms with E-state index in [1.807, 2.05) is 38.3 Å². The minimum Gasteiger partial charge on any atom is -0.354 e. The number of aromatic nitrogens is 3. The molecule has 5 nitrogen and oxygen atoms in total. The van der Waals surface area contributed by atoms with Gasteiger partial charge in [-0.2, -0.15) is 0 Å². The van der Waals surface area contributed by atoms with Crippen molar-refractivity contribution in [3.8, 4) is 0 Å². The molecule has 0 radical (unpaired) electrons.